The van der Waals surface area contributed by atoms with E-state index in [0.29, 0.717) is 55.1 Å². The molecular formula is C29H41NO9. The molecule has 0 saturated heterocycles. The number of ether oxygens (including phenoxy) is 6. The predicted molar refractivity (Wildman–Crippen MR) is 144 cm³/mol. The van der Waals surface area contributed by atoms with Crippen LogP contribution in [-0.4, -0.2) is 82.1 Å². The Morgan fingerprint density at radius 3 is 2.28 bits per heavy atom. The second-order valence-electron chi connectivity index (χ2n) is 10.7. The van der Waals surface area contributed by atoms with Crippen molar-refractivity contribution in [2.75, 3.05) is 41.7 Å². The molecule has 0 radical (unpaired) electrons. The van der Waals surface area contributed by atoms with E-state index in [1.807, 2.05) is 6.07 Å². The molecule has 0 saturated carbocycles. The van der Waals surface area contributed by atoms with Gasteiger partial charge in [0.1, 0.15) is 18.3 Å². The van der Waals surface area contributed by atoms with E-state index in [9.17, 15) is 14.4 Å². The van der Waals surface area contributed by atoms with Crippen LogP contribution >= 0.6 is 0 Å². The van der Waals surface area contributed by atoms with E-state index < -0.39 is 29.7 Å². The third kappa shape index (κ3) is 6.73. The first kappa shape index (κ1) is 30.4. The summed E-state index contributed by atoms with van der Waals surface area (Å²) in [5.41, 5.74) is 1.60. The highest BCUT2D eigenvalue weighted by Crippen LogP contribution is 2.51. The molecular weight excluding hydrogens is 506 g/mol. The fraction of sp³-hybridized carbons (Fsp3) is 0.621. The van der Waals surface area contributed by atoms with Gasteiger partial charge in [0.15, 0.2) is 17.3 Å². The number of methoxy groups -OCH3 is 4. The molecule has 2 aliphatic carbocycles. The van der Waals surface area contributed by atoms with Crippen molar-refractivity contribution in [2.24, 2.45) is 0 Å². The first-order chi connectivity index (χ1) is 18.5. The zero-order valence-electron chi connectivity index (χ0n) is 24.3. The van der Waals surface area contributed by atoms with Crippen LogP contribution < -0.4 is 14.2 Å². The zero-order chi connectivity index (χ0) is 28.9. The summed E-state index contributed by atoms with van der Waals surface area (Å²) in [6, 6.07) is 1.20. The molecule has 0 bridgehead atoms. The molecule has 3 rings (SSSR count). The Balaban J connectivity index is 2.26. The molecule has 2 aliphatic rings. The number of ketones is 1. The minimum atomic E-state index is -0.810. The first-order valence-corrected chi connectivity index (χ1v) is 13.2. The van der Waals surface area contributed by atoms with Gasteiger partial charge in [-0.05, 0) is 69.7 Å². The van der Waals surface area contributed by atoms with Gasteiger partial charge in [0.2, 0.25) is 11.7 Å². The first-order valence-electron chi connectivity index (χ1n) is 13.2. The molecule has 3 unspecified atom stereocenters. The van der Waals surface area contributed by atoms with Gasteiger partial charge >= 0.3 is 6.09 Å². The van der Waals surface area contributed by atoms with Crippen LogP contribution in [0.5, 0.6) is 17.2 Å². The van der Waals surface area contributed by atoms with E-state index in [2.05, 4.69) is 0 Å². The number of amides is 2. The quantitative estimate of drug-likeness (QED) is 0.442. The van der Waals surface area contributed by atoms with Crippen molar-refractivity contribution in [3.63, 3.8) is 0 Å². The van der Waals surface area contributed by atoms with Gasteiger partial charge in [0, 0.05) is 32.6 Å². The lowest BCUT2D eigenvalue weighted by Crippen LogP contribution is -2.47. The topological polar surface area (TPSA) is 110 Å². The lowest BCUT2D eigenvalue weighted by atomic mass is 9.83. The Morgan fingerprint density at radius 1 is 1.00 bits per heavy atom. The number of benzene rings is 1. The molecule has 2 amide bonds. The van der Waals surface area contributed by atoms with Crippen LogP contribution in [-0.2, 0) is 30.2 Å². The smallest absolute Gasteiger partial charge is 0.417 e. The monoisotopic (exact) mass is 547 g/mol. The van der Waals surface area contributed by atoms with Crippen LogP contribution in [0.4, 0.5) is 4.79 Å². The zero-order valence-corrected chi connectivity index (χ0v) is 24.3. The van der Waals surface area contributed by atoms with Gasteiger partial charge in [-0.3, -0.25) is 9.59 Å². The Labute approximate surface area is 230 Å². The third-order valence-electron chi connectivity index (χ3n) is 6.98. The van der Waals surface area contributed by atoms with E-state index in [1.165, 1.54) is 14.0 Å². The number of carbonyl (C=O) groups is 3. The van der Waals surface area contributed by atoms with E-state index in [-0.39, 0.29) is 18.3 Å². The molecule has 0 heterocycles. The number of aryl methyl sites for hydroxylation is 1. The van der Waals surface area contributed by atoms with Crippen LogP contribution in [0.3, 0.4) is 0 Å². The molecule has 1 aromatic carbocycles. The summed E-state index contributed by atoms with van der Waals surface area (Å²) < 4.78 is 34.0. The summed E-state index contributed by atoms with van der Waals surface area (Å²) in [5, 5.41) is 0. The fourth-order valence-electron chi connectivity index (χ4n) is 5.37. The van der Waals surface area contributed by atoms with E-state index in [1.54, 1.807) is 48.2 Å². The summed E-state index contributed by atoms with van der Waals surface area (Å²) in [6.45, 7) is 7.18. The second kappa shape index (κ2) is 12.8. The summed E-state index contributed by atoms with van der Waals surface area (Å²) in [4.78, 5) is 40.7. The predicted octanol–water partition coefficient (Wildman–Crippen LogP) is 4.22. The molecule has 10 nitrogen and oxygen atoms in total. The number of fused-ring (bicyclic) bond motifs is 3. The van der Waals surface area contributed by atoms with Crippen LogP contribution in [0, 0.1) is 0 Å². The minimum absolute atomic E-state index is 0.210. The van der Waals surface area contributed by atoms with Crippen molar-refractivity contribution >= 4 is 17.8 Å². The SMILES string of the molecule is COCCOc1c(OC)c(OC)cc2c1C1CCC(OC)C(=O)C=C1C(N(C(C)=O)C(=O)OC(C)(C)C)CC2. The maximum absolute atomic E-state index is 13.4. The Hall–Kier alpha value is -3.11. The molecule has 216 valence electrons. The van der Waals surface area contributed by atoms with Gasteiger partial charge in [0.05, 0.1) is 26.9 Å². The number of carbonyl (C=O) groups excluding carboxylic acids is 3. The number of hydrogen-bond acceptors (Lipinski definition) is 9. The van der Waals surface area contributed by atoms with E-state index in [0.717, 1.165) is 16.0 Å². The number of rotatable bonds is 8. The van der Waals surface area contributed by atoms with Crippen molar-refractivity contribution < 1.29 is 42.8 Å². The van der Waals surface area contributed by atoms with Gasteiger partial charge in [-0.1, -0.05) is 0 Å². The maximum Gasteiger partial charge on any atom is 0.417 e. The number of nitrogens with zero attached hydrogens (tertiary/aromatic N) is 1. The average molecular weight is 548 g/mol. The lowest BCUT2D eigenvalue weighted by Gasteiger charge is -2.34. The highest BCUT2D eigenvalue weighted by Gasteiger charge is 2.43. The van der Waals surface area contributed by atoms with Crippen LogP contribution in [0.1, 0.15) is 64.0 Å². The molecule has 1 aromatic rings. The maximum atomic E-state index is 13.4. The largest absolute Gasteiger partial charge is 0.493 e. The Kier molecular flexibility index (Phi) is 10.0. The fourth-order valence-corrected chi connectivity index (χ4v) is 5.37. The number of imide groups is 1. The highest BCUT2D eigenvalue weighted by atomic mass is 16.6. The molecule has 0 aliphatic heterocycles. The highest BCUT2D eigenvalue weighted by molar-refractivity contribution is 5.96. The van der Waals surface area contributed by atoms with Crippen LogP contribution in [0.25, 0.3) is 0 Å². The third-order valence-corrected chi connectivity index (χ3v) is 6.98. The van der Waals surface area contributed by atoms with Crippen molar-refractivity contribution in [3.8, 4) is 17.2 Å². The lowest BCUT2D eigenvalue weighted by molar-refractivity contribution is -0.130. The Bertz CT molecular complexity index is 1100. The van der Waals surface area contributed by atoms with Crippen molar-refractivity contribution in [2.45, 2.75) is 77.0 Å². The summed E-state index contributed by atoms with van der Waals surface area (Å²) in [6.07, 6.45) is 1.99. The second-order valence-corrected chi connectivity index (χ2v) is 10.7. The van der Waals surface area contributed by atoms with Gasteiger partial charge in [0.25, 0.3) is 0 Å². The van der Waals surface area contributed by atoms with Crippen molar-refractivity contribution in [1.29, 1.82) is 0 Å². The van der Waals surface area contributed by atoms with Gasteiger partial charge < -0.3 is 28.4 Å². The molecule has 0 spiro atoms. The van der Waals surface area contributed by atoms with Gasteiger partial charge in [-0.2, -0.15) is 0 Å². The van der Waals surface area contributed by atoms with Crippen molar-refractivity contribution in [1.82, 2.24) is 4.90 Å². The molecule has 10 heteroatoms. The van der Waals surface area contributed by atoms with Crippen molar-refractivity contribution in [3.05, 3.63) is 28.8 Å². The van der Waals surface area contributed by atoms with Crippen LogP contribution in [0.15, 0.2) is 17.7 Å². The summed E-state index contributed by atoms with van der Waals surface area (Å²) in [5.74, 6) is 0.390. The molecule has 0 N–H and O–H groups in total. The van der Waals surface area contributed by atoms with Crippen LogP contribution in [0.2, 0.25) is 0 Å². The van der Waals surface area contributed by atoms with E-state index in [4.69, 9.17) is 28.4 Å². The molecule has 0 fully saturated rings. The Morgan fingerprint density at radius 2 is 1.72 bits per heavy atom. The average Bonchev–Trinajstić information content (AvgIpc) is 3.11. The molecule has 39 heavy (non-hydrogen) atoms. The molecule has 3 atom stereocenters. The summed E-state index contributed by atoms with van der Waals surface area (Å²) >= 11 is 0. The minimum Gasteiger partial charge on any atom is -0.493 e. The normalized spacial score (nSPS) is 21.0. The molecule has 0 aromatic heterocycles. The van der Waals surface area contributed by atoms with Gasteiger partial charge in [-0.15, -0.1) is 0 Å². The van der Waals surface area contributed by atoms with Gasteiger partial charge in [-0.25, -0.2) is 9.69 Å². The number of hydrogen-bond donors (Lipinski definition) is 0. The summed E-state index contributed by atoms with van der Waals surface area (Å²) in [7, 11) is 6.19. The standard InChI is InChI=1S/C29H41NO9/c1-17(31)30(28(33)39-29(2,3)4)21-11-9-18-15-24(36-7)26(37-8)27(38-14-13-34-5)25(18)19-10-12-23(35-6)22(32)16-20(19)21/h15-16,19,21,23H,9-14H2,1-8H3. The van der Waals surface area contributed by atoms with E-state index >= 15 is 0 Å².